The second kappa shape index (κ2) is 5.99. The second-order valence-electron chi connectivity index (χ2n) is 4.54. The molecule has 0 unspecified atom stereocenters. The van der Waals surface area contributed by atoms with Crippen molar-refractivity contribution in [2.45, 2.75) is 0 Å². The SMILES string of the molecule is COC(=O)c1ccc(Nc2nccc3c(Cl)cccc23)cn1. The van der Waals surface area contributed by atoms with Crippen LogP contribution in [0.2, 0.25) is 5.02 Å². The molecule has 0 bridgehead atoms. The summed E-state index contributed by atoms with van der Waals surface area (Å²) in [7, 11) is 1.32. The Morgan fingerprint density at radius 3 is 2.73 bits per heavy atom. The highest BCUT2D eigenvalue weighted by molar-refractivity contribution is 6.35. The van der Waals surface area contributed by atoms with Crippen molar-refractivity contribution in [1.29, 1.82) is 0 Å². The Morgan fingerprint density at radius 2 is 2.00 bits per heavy atom. The van der Waals surface area contributed by atoms with Crippen LogP contribution in [0.4, 0.5) is 11.5 Å². The Labute approximate surface area is 131 Å². The van der Waals surface area contributed by atoms with Crippen molar-refractivity contribution in [1.82, 2.24) is 9.97 Å². The van der Waals surface area contributed by atoms with E-state index in [9.17, 15) is 4.79 Å². The maximum atomic E-state index is 11.4. The van der Waals surface area contributed by atoms with E-state index in [0.717, 1.165) is 10.8 Å². The maximum Gasteiger partial charge on any atom is 0.356 e. The number of benzene rings is 1. The van der Waals surface area contributed by atoms with Crippen LogP contribution in [0.3, 0.4) is 0 Å². The van der Waals surface area contributed by atoms with Gasteiger partial charge in [0.1, 0.15) is 11.5 Å². The predicted octanol–water partition coefficient (Wildman–Crippen LogP) is 3.81. The van der Waals surface area contributed by atoms with E-state index in [4.69, 9.17) is 11.6 Å². The molecule has 2 aromatic heterocycles. The normalized spacial score (nSPS) is 10.5. The highest BCUT2D eigenvalue weighted by Crippen LogP contribution is 2.28. The van der Waals surface area contributed by atoms with E-state index in [1.165, 1.54) is 7.11 Å². The van der Waals surface area contributed by atoms with Gasteiger partial charge in [-0.1, -0.05) is 23.7 Å². The molecule has 22 heavy (non-hydrogen) atoms. The van der Waals surface area contributed by atoms with Gasteiger partial charge in [0.05, 0.1) is 19.0 Å². The van der Waals surface area contributed by atoms with Gasteiger partial charge in [0.2, 0.25) is 0 Å². The molecule has 0 saturated carbocycles. The van der Waals surface area contributed by atoms with Crippen molar-refractivity contribution in [2.75, 3.05) is 12.4 Å². The van der Waals surface area contributed by atoms with E-state index in [1.54, 1.807) is 24.5 Å². The number of halogens is 1. The van der Waals surface area contributed by atoms with E-state index < -0.39 is 5.97 Å². The number of ether oxygens (including phenoxy) is 1. The molecule has 0 atom stereocenters. The van der Waals surface area contributed by atoms with Crippen molar-refractivity contribution in [2.24, 2.45) is 0 Å². The first-order chi connectivity index (χ1) is 10.7. The molecule has 0 amide bonds. The predicted molar refractivity (Wildman–Crippen MR) is 85.6 cm³/mol. The van der Waals surface area contributed by atoms with Gasteiger partial charge in [-0.25, -0.2) is 14.8 Å². The van der Waals surface area contributed by atoms with Gasteiger partial charge in [0.25, 0.3) is 0 Å². The van der Waals surface area contributed by atoms with E-state index in [2.05, 4.69) is 20.0 Å². The average molecular weight is 314 g/mol. The molecule has 5 nitrogen and oxygen atoms in total. The first-order valence-electron chi connectivity index (χ1n) is 6.53. The number of anilines is 2. The van der Waals surface area contributed by atoms with Crippen molar-refractivity contribution in [3.63, 3.8) is 0 Å². The second-order valence-corrected chi connectivity index (χ2v) is 4.95. The van der Waals surface area contributed by atoms with Crippen molar-refractivity contribution in [3.05, 3.63) is 59.5 Å². The first-order valence-corrected chi connectivity index (χ1v) is 6.91. The molecule has 0 radical (unpaired) electrons. The number of aromatic nitrogens is 2. The summed E-state index contributed by atoms with van der Waals surface area (Å²) in [4.78, 5) is 19.7. The standard InChI is InChI=1S/C16H12ClN3O2/c1-22-16(21)14-6-5-10(9-19-14)20-15-12-3-2-4-13(17)11(12)7-8-18-15/h2-9H,1H3,(H,18,20). The lowest BCUT2D eigenvalue weighted by atomic mass is 10.1. The fourth-order valence-corrected chi connectivity index (χ4v) is 2.34. The lowest BCUT2D eigenvalue weighted by Crippen LogP contribution is -2.04. The number of pyridine rings is 2. The summed E-state index contributed by atoms with van der Waals surface area (Å²) in [5.74, 6) is 0.203. The van der Waals surface area contributed by atoms with Crippen LogP contribution in [-0.4, -0.2) is 23.0 Å². The minimum Gasteiger partial charge on any atom is -0.464 e. The Kier molecular flexibility index (Phi) is 3.89. The van der Waals surface area contributed by atoms with E-state index in [1.807, 2.05) is 24.3 Å². The fourth-order valence-electron chi connectivity index (χ4n) is 2.10. The number of carbonyl (C=O) groups is 1. The average Bonchev–Trinajstić information content (AvgIpc) is 2.56. The summed E-state index contributed by atoms with van der Waals surface area (Å²) in [6.07, 6.45) is 3.24. The molecule has 3 aromatic rings. The minimum atomic E-state index is -0.471. The number of hydrogen-bond donors (Lipinski definition) is 1. The highest BCUT2D eigenvalue weighted by atomic mass is 35.5. The monoisotopic (exact) mass is 313 g/mol. The molecular weight excluding hydrogens is 302 g/mol. The molecule has 0 fully saturated rings. The molecule has 110 valence electrons. The smallest absolute Gasteiger partial charge is 0.356 e. The van der Waals surface area contributed by atoms with Crippen LogP contribution in [0.25, 0.3) is 10.8 Å². The number of nitrogens with zero attached hydrogens (tertiary/aromatic N) is 2. The molecule has 0 aliphatic carbocycles. The number of hydrogen-bond acceptors (Lipinski definition) is 5. The molecule has 1 aromatic carbocycles. The number of rotatable bonds is 3. The Balaban J connectivity index is 1.93. The summed E-state index contributed by atoms with van der Waals surface area (Å²) in [6.45, 7) is 0. The Hall–Kier alpha value is -2.66. The van der Waals surface area contributed by atoms with Crippen molar-refractivity contribution in [3.8, 4) is 0 Å². The van der Waals surface area contributed by atoms with Gasteiger partial charge in [-0.15, -0.1) is 0 Å². The topological polar surface area (TPSA) is 64.1 Å². The first kappa shape index (κ1) is 14.3. The van der Waals surface area contributed by atoms with Gasteiger partial charge < -0.3 is 10.1 Å². The number of methoxy groups -OCH3 is 1. The van der Waals surface area contributed by atoms with Gasteiger partial charge >= 0.3 is 5.97 Å². The quantitative estimate of drug-likeness (QED) is 0.745. The van der Waals surface area contributed by atoms with Crippen LogP contribution >= 0.6 is 11.6 Å². The van der Waals surface area contributed by atoms with Crippen molar-refractivity contribution < 1.29 is 9.53 Å². The molecule has 1 N–H and O–H groups in total. The zero-order valence-corrected chi connectivity index (χ0v) is 12.5. The molecular formula is C16H12ClN3O2. The summed E-state index contributed by atoms with van der Waals surface area (Å²) in [5.41, 5.74) is 0.967. The fraction of sp³-hybridized carbons (Fsp3) is 0.0625. The molecule has 2 heterocycles. The van der Waals surface area contributed by atoms with Gasteiger partial charge in [0.15, 0.2) is 0 Å². The van der Waals surface area contributed by atoms with E-state index >= 15 is 0 Å². The number of esters is 1. The summed E-state index contributed by atoms with van der Waals surface area (Å²) >= 11 is 6.18. The van der Waals surface area contributed by atoms with Gasteiger partial charge in [-0.05, 0) is 24.3 Å². The minimum absolute atomic E-state index is 0.252. The lowest BCUT2D eigenvalue weighted by Gasteiger charge is -2.09. The third-order valence-electron chi connectivity index (χ3n) is 3.17. The molecule has 6 heteroatoms. The van der Waals surface area contributed by atoms with E-state index in [-0.39, 0.29) is 5.69 Å². The molecule has 0 aliphatic rings. The summed E-state index contributed by atoms with van der Waals surface area (Å²) < 4.78 is 4.62. The lowest BCUT2D eigenvalue weighted by molar-refractivity contribution is 0.0594. The molecule has 0 aliphatic heterocycles. The highest BCUT2D eigenvalue weighted by Gasteiger charge is 2.08. The molecule has 3 rings (SSSR count). The summed E-state index contributed by atoms with van der Waals surface area (Å²) in [5, 5.41) is 5.67. The van der Waals surface area contributed by atoms with Crippen LogP contribution in [0.1, 0.15) is 10.5 Å². The zero-order chi connectivity index (χ0) is 15.5. The van der Waals surface area contributed by atoms with Gasteiger partial charge in [0, 0.05) is 22.0 Å². The third kappa shape index (κ3) is 2.71. The number of carbonyl (C=O) groups excluding carboxylic acids is 1. The largest absolute Gasteiger partial charge is 0.464 e. The molecule has 0 saturated heterocycles. The van der Waals surface area contributed by atoms with Gasteiger partial charge in [-0.3, -0.25) is 0 Å². The Bertz CT molecular complexity index is 834. The maximum absolute atomic E-state index is 11.4. The van der Waals surface area contributed by atoms with E-state index in [0.29, 0.717) is 16.5 Å². The van der Waals surface area contributed by atoms with Crippen LogP contribution in [0, 0.1) is 0 Å². The van der Waals surface area contributed by atoms with Gasteiger partial charge in [-0.2, -0.15) is 0 Å². The van der Waals surface area contributed by atoms with Crippen LogP contribution < -0.4 is 5.32 Å². The zero-order valence-electron chi connectivity index (χ0n) is 11.7. The van der Waals surface area contributed by atoms with Crippen molar-refractivity contribution >= 4 is 39.8 Å². The van der Waals surface area contributed by atoms with Crippen LogP contribution in [-0.2, 0) is 4.74 Å². The summed E-state index contributed by atoms with van der Waals surface area (Å²) in [6, 6.07) is 10.8. The Morgan fingerprint density at radius 1 is 1.14 bits per heavy atom. The molecule has 0 spiro atoms. The number of nitrogens with one attached hydrogen (secondary N) is 1. The van der Waals surface area contributed by atoms with Crippen LogP contribution in [0.15, 0.2) is 48.8 Å². The third-order valence-corrected chi connectivity index (χ3v) is 3.50. The number of fused-ring (bicyclic) bond motifs is 1. The van der Waals surface area contributed by atoms with Crippen LogP contribution in [0.5, 0.6) is 0 Å².